The molecule has 1 heterocycles. The number of piperidine rings is 1. The van der Waals surface area contributed by atoms with Crippen LogP contribution in [0.15, 0.2) is 18.2 Å². The summed E-state index contributed by atoms with van der Waals surface area (Å²) in [6.45, 7) is 5.32. The molecule has 1 aliphatic carbocycles. The minimum absolute atomic E-state index is 0.0497. The maximum Gasteiger partial charge on any atom is 0.315 e. The highest BCUT2D eigenvalue weighted by atomic mass is 16.2. The fraction of sp³-hybridized carbons (Fsp3) is 0.556. The standard InChI is InChI=1S/C18H25N3O2/c1-12-4-5-15-14(10-12)16(20-17(23)19-3)11-18(15)6-8-21(9-7-18)13(2)22/h4-5,10,16H,6-9,11H2,1-3H3,(H2,19,20,23)/t16-/m1/s1. The molecule has 1 fully saturated rings. The van der Waals surface area contributed by atoms with E-state index in [-0.39, 0.29) is 23.4 Å². The monoisotopic (exact) mass is 315 g/mol. The van der Waals surface area contributed by atoms with Crippen molar-refractivity contribution in [1.82, 2.24) is 15.5 Å². The summed E-state index contributed by atoms with van der Waals surface area (Å²) in [7, 11) is 1.64. The number of aryl methyl sites for hydroxylation is 1. The van der Waals surface area contributed by atoms with Gasteiger partial charge in [0.05, 0.1) is 6.04 Å². The average Bonchev–Trinajstić information content (AvgIpc) is 2.80. The van der Waals surface area contributed by atoms with E-state index in [0.29, 0.717) is 0 Å². The van der Waals surface area contributed by atoms with Crippen molar-refractivity contribution in [2.24, 2.45) is 0 Å². The predicted molar refractivity (Wildman–Crippen MR) is 89.3 cm³/mol. The number of fused-ring (bicyclic) bond motifs is 2. The highest BCUT2D eigenvalue weighted by molar-refractivity contribution is 5.75. The quantitative estimate of drug-likeness (QED) is 0.835. The summed E-state index contributed by atoms with van der Waals surface area (Å²) < 4.78 is 0. The van der Waals surface area contributed by atoms with Crippen molar-refractivity contribution in [3.63, 3.8) is 0 Å². The second-order valence-corrected chi connectivity index (χ2v) is 6.86. The Morgan fingerprint density at radius 3 is 2.57 bits per heavy atom. The molecule has 1 atom stereocenters. The van der Waals surface area contributed by atoms with Gasteiger partial charge >= 0.3 is 6.03 Å². The third kappa shape index (κ3) is 2.80. The number of likely N-dealkylation sites (tertiary alicyclic amines) is 1. The fourth-order valence-corrected chi connectivity index (χ4v) is 4.15. The van der Waals surface area contributed by atoms with E-state index in [1.165, 1.54) is 16.7 Å². The van der Waals surface area contributed by atoms with Crippen molar-refractivity contribution in [2.75, 3.05) is 20.1 Å². The van der Waals surface area contributed by atoms with Gasteiger partial charge in [-0.25, -0.2) is 4.79 Å². The summed E-state index contributed by atoms with van der Waals surface area (Å²) in [6.07, 6.45) is 2.86. The van der Waals surface area contributed by atoms with Crippen LogP contribution in [-0.2, 0) is 10.2 Å². The van der Waals surface area contributed by atoms with Crippen molar-refractivity contribution in [3.8, 4) is 0 Å². The minimum Gasteiger partial charge on any atom is -0.343 e. The highest BCUT2D eigenvalue weighted by Gasteiger charge is 2.46. The zero-order valence-electron chi connectivity index (χ0n) is 14.1. The summed E-state index contributed by atoms with van der Waals surface area (Å²) >= 11 is 0. The molecule has 124 valence electrons. The van der Waals surface area contributed by atoms with Gasteiger partial charge in [-0.15, -0.1) is 0 Å². The van der Waals surface area contributed by atoms with Gasteiger partial charge in [0.2, 0.25) is 5.91 Å². The lowest BCUT2D eigenvalue weighted by Crippen LogP contribution is -2.44. The number of carbonyl (C=O) groups is 2. The molecule has 5 heteroatoms. The van der Waals surface area contributed by atoms with Gasteiger partial charge in [-0.2, -0.15) is 0 Å². The zero-order chi connectivity index (χ0) is 16.6. The Morgan fingerprint density at radius 2 is 1.96 bits per heavy atom. The topological polar surface area (TPSA) is 61.4 Å². The van der Waals surface area contributed by atoms with E-state index in [1.807, 2.05) is 4.90 Å². The van der Waals surface area contributed by atoms with Gasteiger partial charge in [0, 0.05) is 32.5 Å². The lowest BCUT2D eigenvalue weighted by atomic mass is 9.73. The summed E-state index contributed by atoms with van der Waals surface area (Å²) in [5.74, 6) is 0.155. The Morgan fingerprint density at radius 1 is 1.26 bits per heavy atom. The van der Waals surface area contributed by atoms with Crippen LogP contribution in [0.3, 0.4) is 0 Å². The first-order valence-corrected chi connectivity index (χ1v) is 8.30. The van der Waals surface area contributed by atoms with Crippen LogP contribution < -0.4 is 10.6 Å². The number of rotatable bonds is 1. The Bertz CT molecular complexity index is 633. The Balaban J connectivity index is 1.89. The van der Waals surface area contributed by atoms with Crippen LogP contribution in [0.1, 0.15) is 48.9 Å². The number of nitrogens with one attached hydrogen (secondary N) is 2. The van der Waals surface area contributed by atoms with Crippen LogP contribution in [-0.4, -0.2) is 37.0 Å². The Hall–Kier alpha value is -2.04. The smallest absolute Gasteiger partial charge is 0.315 e. The Kier molecular flexibility index (Phi) is 4.04. The third-order valence-corrected chi connectivity index (χ3v) is 5.45. The molecule has 0 bridgehead atoms. The first kappa shape index (κ1) is 15.8. The van der Waals surface area contributed by atoms with Crippen LogP contribution in [0.5, 0.6) is 0 Å². The number of benzene rings is 1. The molecule has 1 aliphatic heterocycles. The van der Waals surface area contributed by atoms with Gasteiger partial charge in [0.25, 0.3) is 0 Å². The number of nitrogens with zero attached hydrogens (tertiary/aromatic N) is 1. The second kappa shape index (κ2) is 5.87. The van der Waals surface area contributed by atoms with Gasteiger partial charge < -0.3 is 15.5 Å². The molecule has 5 nitrogen and oxygen atoms in total. The summed E-state index contributed by atoms with van der Waals surface area (Å²) in [5, 5.41) is 5.73. The summed E-state index contributed by atoms with van der Waals surface area (Å²) in [5.41, 5.74) is 3.89. The molecule has 0 unspecified atom stereocenters. The van der Waals surface area contributed by atoms with Gasteiger partial charge in [0.15, 0.2) is 0 Å². The molecular formula is C18H25N3O2. The first-order chi connectivity index (χ1) is 10.9. The maximum absolute atomic E-state index is 11.8. The van der Waals surface area contributed by atoms with E-state index >= 15 is 0 Å². The predicted octanol–water partition coefficient (Wildman–Crippen LogP) is 2.25. The van der Waals surface area contributed by atoms with Gasteiger partial charge in [0.1, 0.15) is 0 Å². The lowest BCUT2D eigenvalue weighted by molar-refractivity contribution is -0.130. The second-order valence-electron chi connectivity index (χ2n) is 6.86. The molecular weight excluding hydrogens is 290 g/mol. The number of urea groups is 1. The van der Waals surface area contributed by atoms with Crippen LogP contribution in [0, 0.1) is 6.92 Å². The van der Waals surface area contributed by atoms with Crippen molar-refractivity contribution < 1.29 is 9.59 Å². The van der Waals surface area contributed by atoms with Crippen LogP contribution in [0.4, 0.5) is 4.79 Å². The number of hydrogen-bond acceptors (Lipinski definition) is 2. The van der Waals surface area contributed by atoms with E-state index < -0.39 is 0 Å². The van der Waals surface area contributed by atoms with Gasteiger partial charge in [-0.3, -0.25) is 4.79 Å². The largest absolute Gasteiger partial charge is 0.343 e. The van der Waals surface area contributed by atoms with Crippen LogP contribution in [0.25, 0.3) is 0 Å². The van der Waals surface area contributed by atoms with Crippen LogP contribution in [0.2, 0.25) is 0 Å². The number of carbonyl (C=O) groups excluding carboxylic acids is 2. The van der Waals surface area contributed by atoms with Gasteiger partial charge in [-0.1, -0.05) is 23.8 Å². The molecule has 23 heavy (non-hydrogen) atoms. The van der Waals surface area contributed by atoms with Crippen molar-refractivity contribution >= 4 is 11.9 Å². The van der Waals surface area contributed by atoms with E-state index in [4.69, 9.17) is 0 Å². The molecule has 2 N–H and O–H groups in total. The van der Waals surface area contributed by atoms with Crippen molar-refractivity contribution in [1.29, 1.82) is 0 Å². The van der Waals surface area contributed by atoms with E-state index in [9.17, 15) is 9.59 Å². The normalized spacial score (nSPS) is 21.9. The minimum atomic E-state index is -0.138. The molecule has 2 aliphatic rings. The molecule has 0 saturated carbocycles. The third-order valence-electron chi connectivity index (χ3n) is 5.45. The Labute approximate surface area is 137 Å². The maximum atomic E-state index is 11.8. The molecule has 3 amide bonds. The average molecular weight is 315 g/mol. The molecule has 1 spiro atoms. The zero-order valence-corrected chi connectivity index (χ0v) is 14.1. The fourth-order valence-electron chi connectivity index (χ4n) is 4.15. The highest BCUT2D eigenvalue weighted by Crippen LogP contribution is 2.50. The molecule has 1 aromatic carbocycles. The summed E-state index contributed by atoms with van der Waals surface area (Å²) in [4.78, 5) is 25.3. The number of amides is 3. The lowest BCUT2D eigenvalue weighted by Gasteiger charge is -2.40. The molecule has 1 aromatic rings. The van der Waals surface area contributed by atoms with E-state index in [0.717, 1.165) is 32.4 Å². The summed E-state index contributed by atoms with van der Waals surface area (Å²) in [6, 6.07) is 6.48. The van der Waals surface area contributed by atoms with Crippen molar-refractivity contribution in [3.05, 3.63) is 34.9 Å². The molecule has 0 radical (unpaired) electrons. The molecule has 3 rings (SSSR count). The van der Waals surface area contributed by atoms with Gasteiger partial charge in [-0.05, 0) is 37.3 Å². The SMILES string of the molecule is CNC(=O)N[C@@H]1CC2(CCN(C(C)=O)CC2)c2ccc(C)cc21. The van der Waals surface area contributed by atoms with Crippen LogP contribution >= 0.6 is 0 Å². The molecule has 0 aromatic heterocycles. The van der Waals surface area contributed by atoms with E-state index in [2.05, 4.69) is 35.8 Å². The first-order valence-electron chi connectivity index (χ1n) is 8.30. The van der Waals surface area contributed by atoms with Crippen molar-refractivity contribution in [2.45, 2.75) is 44.6 Å². The number of hydrogen-bond donors (Lipinski definition) is 2. The van der Waals surface area contributed by atoms with E-state index in [1.54, 1.807) is 14.0 Å². The molecule has 1 saturated heterocycles.